The molecule has 1 aromatic carbocycles. The number of nitrogens with zero attached hydrogens (tertiary/aromatic N) is 2. The second-order valence-electron chi connectivity index (χ2n) is 6.54. The van der Waals surface area contributed by atoms with E-state index in [1.165, 1.54) is 37.0 Å². The van der Waals surface area contributed by atoms with Crippen LogP contribution in [-0.2, 0) is 4.74 Å². The van der Waals surface area contributed by atoms with Crippen molar-refractivity contribution in [3.05, 3.63) is 24.0 Å². The summed E-state index contributed by atoms with van der Waals surface area (Å²) in [5.41, 5.74) is 9.00. The maximum Gasteiger partial charge on any atom is 0.113 e. The van der Waals surface area contributed by atoms with Crippen molar-refractivity contribution in [1.29, 1.82) is 0 Å². The molecule has 3 unspecified atom stereocenters. The van der Waals surface area contributed by atoms with Crippen LogP contribution < -0.4 is 5.73 Å². The number of anilines is 1. The van der Waals surface area contributed by atoms with Crippen molar-refractivity contribution in [2.24, 2.45) is 0 Å². The molecular formula is C16H19N3O. The summed E-state index contributed by atoms with van der Waals surface area (Å²) in [7, 11) is 0. The van der Waals surface area contributed by atoms with Gasteiger partial charge < -0.3 is 15.0 Å². The molecule has 5 rings (SSSR count). The van der Waals surface area contributed by atoms with Gasteiger partial charge in [-0.05, 0) is 50.3 Å². The first-order valence-electron chi connectivity index (χ1n) is 7.72. The monoisotopic (exact) mass is 269 g/mol. The summed E-state index contributed by atoms with van der Waals surface area (Å²) >= 11 is 0. The zero-order chi connectivity index (χ0) is 13.3. The van der Waals surface area contributed by atoms with Crippen LogP contribution in [0.5, 0.6) is 0 Å². The molecule has 3 fully saturated rings. The van der Waals surface area contributed by atoms with Crippen molar-refractivity contribution in [2.75, 3.05) is 5.73 Å². The molecule has 2 N–H and O–H groups in total. The van der Waals surface area contributed by atoms with E-state index in [4.69, 9.17) is 15.5 Å². The molecule has 3 atom stereocenters. The van der Waals surface area contributed by atoms with E-state index in [1.54, 1.807) is 0 Å². The Morgan fingerprint density at radius 2 is 2.10 bits per heavy atom. The van der Waals surface area contributed by atoms with Crippen LogP contribution in [0.1, 0.15) is 49.9 Å². The van der Waals surface area contributed by atoms with Gasteiger partial charge in [0.15, 0.2) is 0 Å². The number of rotatable bonds is 2. The highest BCUT2D eigenvalue weighted by atomic mass is 16.5. The molecule has 0 radical (unpaired) electrons. The van der Waals surface area contributed by atoms with Gasteiger partial charge in [-0.2, -0.15) is 0 Å². The lowest BCUT2D eigenvalue weighted by Gasteiger charge is -2.23. The van der Waals surface area contributed by atoms with Crippen LogP contribution in [0.25, 0.3) is 11.0 Å². The summed E-state index contributed by atoms with van der Waals surface area (Å²) in [4.78, 5) is 4.89. The fraction of sp³-hybridized carbons (Fsp3) is 0.562. The molecule has 2 aliphatic heterocycles. The molecule has 1 aliphatic carbocycles. The van der Waals surface area contributed by atoms with Crippen molar-refractivity contribution in [1.82, 2.24) is 9.55 Å². The predicted molar refractivity (Wildman–Crippen MR) is 77.7 cm³/mol. The molecule has 20 heavy (non-hydrogen) atoms. The van der Waals surface area contributed by atoms with Crippen molar-refractivity contribution in [3.8, 4) is 0 Å². The lowest BCUT2D eigenvalue weighted by atomic mass is 9.95. The van der Waals surface area contributed by atoms with Gasteiger partial charge in [0.05, 0.1) is 29.3 Å². The average Bonchev–Trinajstić information content (AvgIpc) is 2.92. The topological polar surface area (TPSA) is 53.1 Å². The Bertz CT molecular complexity index is 688. The summed E-state index contributed by atoms with van der Waals surface area (Å²) in [5.74, 6) is 1.93. The van der Waals surface area contributed by atoms with E-state index in [0.717, 1.165) is 17.6 Å². The molecular weight excluding hydrogens is 250 g/mol. The predicted octanol–water partition coefficient (Wildman–Crippen LogP) is 2.99. The highest BCUT2D eigenvalue weighted by molar-refractivity contribution is 5.80. The minimum absolute atomic E-state index is 0.396. The quantitative estimate of drug-likeness (QED) is 0.853. The Kier molecular flexibility index (Phi) is 2.09. The first kappa shape index (κ1) is 11.1. The highest BCUT2D eigenvalue weighted by Crippen LogP contribution is 2.47. The maximum absolute atomic E-state index is 6.06. The number of imidazole rings is 1. The van der Waals surface area contributed by atoms with Crippen LogP contribution in [0, 0.1) is 0 Å². The third kappa shape index (κ3) is 1.48. The number of nitrogens with two attached hydrogens (primary N) is 1. The molecule has 3 heterocycles. The minimum Gasteiger partial charge on any atom is -0.399 e. The number of hydrogen-bond acceptors (Lipinski definition) is 3. The Morgan fingerprint density at radius 1 is 1.20 bits per heavy atom. The molecule has 2 saturated heterocycles. The molecule has 0 spiro atoms. The number of ether oxygens (including phenoxy) is 1. The fourth-order valence-corrected chi connectivity index (χ4v) is 4.00. The van der Waals surface area contributed by atoms with Crippen LogP contribution in [0.2, 0.25) is 0 Å². The standard InChI is InChI=1S/C16H19N3O/c17-10-3-5-13-12(7-10)18-16(9-1-2-9)19(13)14-8-11-4-6-15(14)20-11/h3,5,7,9,11,14-15H,1-2,4,6,8,17H2. The summed E-state index contributed by atoms with van der Waals surface area (Å²) in [6.07, 6.45) is 7.02. The molecule has 104 valence electrons. The Labute approximate surface area is 117 Å². The first-order chi connectivity index (χ1) is 9.79. The smallest absolute Gasteiger partial charge is 0.113 e. The molecule has 1 aromatic heterocycles. The summed E-state index contributed by atoms with van der Waals surface area (Å²) < 4.78 is 8.55. The van der Waals surface area contributed by atoms with Gasteiger partial charge in [-0.3, -0.25) is 0 Å². The van der Waals surface area contributed by atoms with Crippen LogP contribution in [-0.4, -0.2) is 21.8 Å². The highest BCUT2D eigenvalue weighted by Gasteiger charge is 2.44. The van der Waals surface area contributed by atoms with Gasteiger partial charge in [0.25, 0.3) is 0 Å². The number of hydrogen-bond donors (Lipinski definition) is 1. The normalized spacial score (nSPS) is 32.3. The van der Waals surface area contributed by atoms with Gasteiger partial charge in [0, 0.05) is 11.6 Å². The van der Waals surface area contributed by atoms with E-state index < -0.39 is 0 Å². The molecule has 3 aliphatic rings. The van der Waals surface area contributed by atoms with Crippen molar-refractivity contribution in [3.63, 3.8) is 0 Å². The Hall–Kier alpha value is -1.55. The van der Waals surface area contributed by atoms with E-state index in [0.29, 0.717) is 24.2 Å². The largest absolute Gasteiger partial charge is 0.399 e. The van der Waals surface area contributed by atoms with Gasteiger partial charge in [-0.15, -0.1) is 0 Å². The fourth-order valence-electron chi connectivity index (χ4n) is 4.00. The first-order valence-corrected chi connectivity index (χ1v) is 7.72. The lowest BCUT2D eigenvalue weighted by molar-refractivity contribution is 0.0939. The van der Waals surface area contributed by atoms with Crippen molar-refractivity contribution < 1.29 is 4.74 Å². The summed E-state index contributed by atoms with van der Waals surface area (Å²) in [5, 5.41) is 0. The Balaban J connectivity index is 1.70. The Morgan fingerprint density at radius 3 is 2.80 bits per heavy atom. The number of benzene rings is 1. The SMILES string of the molecule is Nc1ccc2c(c1)nc(C1CC1)n2C1CC2CCC1O2. The molecule has 4 heteroatoms. The molecule has 2 aromatic rings. The lowest BCUT2D eigenvalue weighted by Crippen LogP contribution is -2.22. The molecule has 0 amide bonds. The van der Waals surface area contributed by atoms with E-state index in [-0.39, 0.29) is 0 Å². The zero-order valence-corrected chi connectivity index (χ0v) is 11.5. The van der Waals surface area contributed by atoms with E-state index in [9.17, 15) is 0 Å². The van der Waals surface area contributed by atoms with Gasteiger partial charge >= 0.3 is 0 Å². The third-order valence-corrected chi connectivity index (χ3v) is 5.09. The molecule has 1 saturated carbocycles. The third-order valence-electron chi connectivity index (χ3n) is 5.09. The van der Waals surface area contributed by atoms with Crippen LogP contribution in [0.3, 0.4) is 0 Å². The second kappa shape index (κ2) is 3.76. The zero-order valence-electron chi connectivity index (χ0n) is 11.5. The average molecular weight is 269 g/mol. The van der Waals surface area contributed by atoms with Crippen LogP contribution >= 0.6 is 0 Å². The van der Waals surface area contributed by atoms with Gasteiger partial charge in [0.2, 0.25) is 0 Å². The van der Waals surface area contributed by atoms with E-state index >= 15 is 0 Å². The summed E-state index contributed by atoms with van der Waals surface area (Å²) in [6.45, 7) is 0. The van der Waals surface area contributed by atoms with E-state index in [1.807, 2.05) is 12.1 Å². The number of fused-ring (bicyclic) bond motifs is 3. The second-order valence-corrected chi connectivity index (χ2v) is 6.54. The minimum atomic E-state index is 0.396. The van der Waals surface area contributed by atoms with Gasteiger partial charge in [-0.1, -0.05) is 0 Å². The van der Waals surface area contributed by atoms with E-state index in [2.05, 4.69) is 10.6 Å². The van der Waals surface area contributed by atoms with Crippen LogP contribution in [0.15, 0.2) is 18.2 Å². The molecule has 4 nitrogen and oxygen atoms in total. The maximum atomic E-state index is 6.06. The van der Waals surface area contributed by atoms with Gasteiger partial charge in [0.1, 0.15) is 5.82 Å². The summed E-state index contributed by atoms with van der Waals surface area (Å²) in [6, 6.07) is 6.62. The van der Waals surface area contributed by atoms with Gasteiger partial charge in [-0.25, -0.2) is 4.98 Å². The molecule has 2 bridgehead atoms. The number of aromatic nitrogens is 2. The number of nitrogen functional groups attached to an aromatic ring is 1. The van der Waals surface area contributed by atoms with Crippen LogP contribution in [0.4, 0.5) is 5.69 Å². The van der Waals surface area contributed by atoms with Crippen molar-refractivity contribution >= 4 is 16.7 Å². The van der Waals surface area contributed by atoms with Crippen molar-refractivity contribution in [2.45, 2.75) is 56.3 Å².